The molecular weight excluding hydrogens is 226 g/mol. The number of amides is 1. The van der Waals surface area contributed by atoms with Gasteiger partial charge in [-0.05, 0) is 38.3 Å². The van der Waals surface area contributed by atoms with Gasteiger partial charge in [0.1, 0.15) is 0 Å². The van der Waals surface area contributed by atoms with Crippen LogP contribution in [0.5, 0.6) is 0 Å². The van der Waals surface area contributed by atoms with Crippen LogP contribution in [0, 0.1) is 5.92 Å². The van der Waals surface area contributed by atoms with Gasteiger partial charge in [-0.15, -0.1) is 0 Å². The van der Waals surface area contributed by atoms with Gasteiger partial charge in [0, 0.05) is 13.1 Å². The molecule has 1 saturated heterocycles. The lowest BCUT2D eigenvalue weighted by atomic mass is 10.0. The van der Waals surface area contributed by atoms with Crippen molar-refractivity contribution in [2.45, 2.75) is 52.0 Å². The van der Waals surface area contributed by atoms with E-state index in [9.17, 15) is 4.79 Å². The first-order valence-electron chi connectivity index (χ1n) is 7.35. The fourth-order valence-electron chi connectivity index (χ4n) is 2.44. The Morgan fingerprint density at radius 2 is 1.83 bits per heavy atom. The molecule has 4 nitrogen and oxygen atoms in total. The van der Waals surface area contributed by atoms with E-state index >= 15 is 0 Å². The molecule has 1 heterocycles. The molecule has 1 aliphatic rings. The van der Waals surface area contributed by atoms with Crippen molar-refractivity contribution in [3.05, 3.63) is 0 Å². The summed E-state index contributed by atoms with van der Waals surface area (Å²) in [5, 5.41) is 2.95. The van der Waals surface area contributed by atoms with Crippen molar-refractivity contribution in [1.82, 2.24) is 10.2 Å². The van der Waals surface area contributed by atoms with Crippen LogP contribution in [0.3, 0.4) is 0 Å². The first-order valence-corrected chi connectivity index (χ1v) is 7.35. The van der Waals surface area contributed by atoms with Crippen molar-refractivity contribution in [3.8, 4) is 0 Å². The van der Waals surface area contributed by atoms with Gasteiger partial charge in [-0.25, -0.2) is 0 Å². The molecule has 0 aliphatic carbocycles. The third-order valence-electron chi connectivity index (χ3n) is 3.49. The molecular formula is C14H29N3O. The summed E-state index contributed by atoms with van der Waals surface area (Å²) < 4.78 is 0. The summed E-state index contributed by atoms with van der Waals surface area (Å²) in [6.45, 7) is 8.21. The highest BCUT2D eigenvalue weighted by Crippen LogP contribution is 2.08. The number of carbonyl (C=O) groups excluding carboxylic acids is 1. The Hall–Kier alpha value is -0.610. The second-order valence-corrected chi connectivity index (χ2v) is 5.78. The normalized spacial score (nSPS) is 19.6. The van der Waals surface area contributed by atoms with Crippen molar-refractivity contribution >= 4 is 5.91 Å². The van der Waals surface area contributed by atoms with Crippen molar-refractivity contribution in [3.63, 3.8) is 0 Å². The van der Waals surface area contributed by atoms with Gasteiger partial charge in [-0.2, -0.15) is 0 Å². The molecule has 4 heteroatoms. The summed E-state index contributed by atoms with van der Waals surface area (Å²) in [5.74, 6) is 0.467. The summed E-state index contributed by atoms with van der Waals surface area (Å²) in [6.07, 6.45) is 6.04. The van der Waals surface area contributed by atoms with Gasteiger partial charge >= 0.3 is 0 Å². The van der Waals surface area contributed by atoms with Crippen molar-refractivity contribution < 1.29 is 4.79 Å². The lowest BCUT2D eigenvalue weighted by Gasteiger charge is -2.20. The third-order valence-corrected chi connectivity index (χ3v) is 3.49. The number of likely N-dealkylation sites (tertiary alicyclic amines) is 1. The van der Waals surface area contributed by atoms with Gasteiger partial charge in [0.05, 0.1) is 6.04 Å². The molecule has 3 N–H and O–H groups in total. The summed E-state index contributed by atoms with van der Waals surface area (Å²) >= 11 is 0. The zero-order valence-corrected chi connectivity index (χ0v) is 12.0. The standard InChI is InChI=1S/C14H29N3O/c1-12(2)11-13(15)14(18)16-7-10-17-8-5-3-4-6-9-17/h12-13H,3-11,15H2,1-2H3,(H,16,18)/t13-/m1/s1. The minimum atomic E-state index is -0.353. The van der Waals surface area contributed by atoms with Gasteiger partial charge in [0.25, 0.3) is 0 Å². The van der Waals surface area contributed by atoms with Gasteiger partial charge < -0.3 is 16.0 Å². The molecule has 1 amide bonds. The van der Waals surface area contributed by atoms with E-state index in [1.807, 2.05) is 0 Å². The molecule has 0 radical (unpaired) electrons. The molecule has 0 bridgehead atoms. The van der Waals surface area contributed by atoms with E-state index in [-0.39, 0.29) is 11.9 Å². The maximum atomic E-state index is 11.7. The quantitative estimate of drug-likeness (QED) is 0.753. The largest absolute Gasteiger partial charge is 0.353 e. The maximum absolute atomic E-state index is 11.7. The predicted octanol–water partition coefficient (Wildman–Crippen LogP) is 1.35. The number of nitrogens with one attached hydrogen (secondary N) is 1. The topological polar surface area (TPSA) is 58.4 Å². The molecule has 0 aromatic carbocycles. The van der Waals surface area contributed by atoms with E-state index in [1.54, 1.807) is 0 Å². The van der Waals surface area contributed by atoms with Gasteiger partial charge in [-0.1, -0.05) is 26.7 Å². The number of rotatable bonds is 6. The first kappa shape index (κ1) is 15.4. The van der Waals surface area contributed by atoms with Gasteiger partial charge in [0.2, 0.25) is 5.91 Å². The lowest BCUT2D eigenvalue weighted by molar-refractivity contribution is -0.122. The fourth-order valence-corrected chi connectivity index (χ4v) is 2.44. The van der Waals surface area contributed by atoms with Crippen LogP contribution in [0.15, 0.2) is 0 Å². The Bertz CT molecular complexity index is 235. The number of hydrogen-bond acceptors (Lipinski definition) is 3. The zero-order chi connectivity index (χ0) is 13.4. The van der Waals surface area contributed by atoms with Crippen LogP contribution < -0.4 is 11.1 Å². The van der Waals surface area contributed by atoms with E-state index in [2.05, 4.69) is 24.1 Å². The second kappa shape index (κ2) is 8.48. The first-order chi connectivity index (χ1) is 8.59. The molecule has 0 unspecified atom stereocenters. The van der Waals surface area contributed by atoms with Crippen LogP contribution in [-0.4, -0.2) is 43.0 Å². The maximum Gasteiger partial charge on any atom is 0.236 e. The fraction of sp³-hybridized carbons (Fsp3) is 0.929. The van der Waals surface area contributed by atoms with Crippen LogP contribution in [-0.2, 0) is 4.79 Å². The summed E-state index contributed by atoms with van der Waals surface area (Å²) in [5.41, 5.74) is 5.84. The van der Waals surface area contributed by atoms with Crippen LogP contribution in [0.2, 0.25) is 0 Å². The van der Waals surface area contributed by atoms with Gasteiger partial charge in [0.15, 0.2) is 0 Å². The number of nitrogens with zero attached hydrogens (tertiary/aromatic N) is 1. The molecule has 106 valence electrons. The van der Waals surface area contributed by atoms with Crippen LogP contribution in [0.25, 0.3) is 0 Å². The van der Waals surface area contributed by atoms with E-state index in [0.29, 0.717) is 5.92 Å². The van der Waals surface area contributed by atoms with Crippen molar-refractivity contribution in [2.75, 3.05) is 26.2 Å². The van der Waals surface area contributed by atoms with Crippen molar-refractivity contribution in [1.29, 1.82) is 0 Å². The summed E-state index contributed by atoms with van der Waals surface area (Å²) in [7, 11) is 0. The van der Waals surface area contributed by atoms with Crippen molar-refractivity contribution in [2.24, 2.45) is 11.7 Å². The molecule has 0 aromatic heterocycles. The molecule has 1 aliphatic heterocycles. The van der Waals surface area contributed by atoms with Crippen LogP contribution in [0.4, 0.5) is 0 Å². The number of hydrogen-bond donors (Lipinski definition) is 2. The SMILES string of the molecule is CC(C)C[C@@H](N)C(=O)NCCN1CCCCCC1. The highest BCUT2D eigenvalue weighted by Gasteiger charge is 2.15. The Balaban J connectivity index is 2.14. The molecule has 0 spiro atoms. The predicted molar refractivity (Wildman–Crippen MR) is 75.3 cm³/mol. The van der Waals surface area contributed by atoms with Gasteiger partial charge in [-0.3, -0.25) is 4.79 Å². The Kier molecular flexibility index (Phi) is 7.28. The number of carbonyl (C=O) groups is 1. The monoisotopic (exact) mass is 255 g/mol. The zero-order valence-electron chi connectivity index (χ0n) is 12.0. The molecule has 1 fully saturated rings. The van der Waals surface area contributed by atoms with E-state index in [4.69, 9.17) is 5.73 Å². The highest BCUT2D eigenvalue weighted by molar-refractivity contribution is 5.81. The minimum absolute atomic E-state index is 0.00137. The minimum Gasteiger partial charge on any atom is -0.353 e. The molecule has 0 saturated carbocycles. The Morgan fingerprint density at radius 1 is 1.22 bits per heavy atom. The van der Waals surface area contributed by atoms with E-state index in [0.717, 1.165) is 19.5 Å². The smallest absolute Gasteiger partial charge is 0.236 e. The van der Waals surface area contributed by atoms with Crippen LogP contribution >= 0.6 is 0 Å². The third kappa shape index (κ3) is 6.36. The molecule has 0 aromatic rings. The Labute approximate surface area is 111 Å². The van der Waals surface area contributed by atoms with E-state index < -0.39 is 0 Å². The number of nitrogens with two attached hydrogens (primary N) is 1. The average Bonchev–Trinajstić information content (AvgIpc) is 2.56. The molecule has 1 atom stereocenters. The molecule has 1 rings (SSSR count). The van der Waals surface area contributed by atoms with Crippen LogP contribution in [0.1, 0.15) is 46.0 Å². The average molecular weight is 255 g/mol. The second-order valence-electron chi connectivity index (χ2n) is 5.78. The summed E-state index contributed by atoms with van der Waals surface area (Å²) in [6, 6.07) is -0.353. The summed E-state index contributed by atoms with van der Waals surface area (Å²) in [4.78, 5) is 14.2. The molecule has 18 heavy (non-hydrogen) atoms. The highest BCUT2D eigenvalue weighted by atomic mass is 16.2. The van der Waals surface area contributed by atoms with E-state index in [1.165, 1.54) is 38.8 Å². The Morgan fingerprint density at radius 3 is 2.39 bits per heavy atom. The lowest BCUT2D eigenvalue weighted by Crippen LogP contribution is -2.44.